The topological polar surface area (TPSA) is 80.3 Å². The fourth-order valence-electron chi connectivity index (χ4n) is 3.16. The number of piperazine rings is 1. The Morgan fingerprint density at radius 1 is 0.903 bits per heavy atom. The van der Waals surface area contributed by atoms with Gasteiger partial charge in [0, 0.05) is 19.6 Å². The third kappa shape index (κ3) is 7.31. The summed E-state index contributed by atoms with van der Waals surface area (Å²) in [5.74, 6) is 0.766. The van der Waals surface area contributed by atoms with E-state index >= 15 is 0 Å². The van der Waals surface area contributed by atoms with E-state index in [2.05, 4.69) is 9.79 Å². The number of ether oxygens (including phenoxy) is 2. The second-order valence-corrected chi connectivity index (χ2v) is 8.82. The first-order valence-electron chi connectivity index (χ1n) is 10.2. The molecule has 0 unspecified atom stereocenters. The van der Waals surface area contributed by atoms with Gasteiger partial charge in [-0.3, -0.25) is 9.74 Å². The van der Waals surface area contributed by atoms with Gasteiger partial charge in [-0.1, -0.05) is 29.2 Å². The summed E-state index contributed by atoms with van der Waals surface area (Å²) in [5, 5.41) is 0. The second-order valence-electron chi connectivity index (χ2n) is 7.18. The first-order chi connectivity index (χ1) is 15.0. The molecule has 1 aliphatic heterocycles. The van der Waals surface area contributed by atoms with Gasteiger partial charge in [0.05, 0.1) is 31.8 Å². The standard InChI is InChI=1S/C21H28BN3O5S/c1-28-20-6-2-18(3-7-20)19-4-8-21(9-5-19)31(26,27)23-30-17-16-29-15-14-24-10-12-25(22)13-11-24/h2-9,23H,10-17H2,1H3. The smallest absolute Gasteiger partial charge is 0.262 e. The van der Waals surface area contributed by atoms with Gasteiger partial charge in [-0.05, 0) is 48.5 Å². The molecule has 10 heteroatoms. The quantitative estimate of drug-likeness (QED) is 0.317. The van der Waals surface area contributed by atoms with Crippen molar-refractivity contribution in [1.29, 1.82) is 0 Å². The van der Waals surface area contributed by atoms with E-state index in [-0.39, 0.29) is 11.5 Å². The predicted molar refractivity (Wildman–Crippen MR) is 119 cm³/mol. The number of nitrogens with one attached hydrogen (secondary N) is 1. The number of methoxy groups -OCH3 is 1. The Morgan fingerprint density at radius 2 is 1.52 bits per heavy atom. The second kappa shape index (κ2) is 11.6. The Bertz CT molecular complexity index is 902. The lowest BCUT2D eigenvalue weighted by molar-refractivity contribution is 0.0179. The van der Waals surface area contributed by atoms with Gasteiger partial charge in [0.15, 0.2) is 7.98 Å². The lowest BCUT2D eigenvalue weighted by atomic mass is 10.1. The molecule has 1 saturated heterocycles. The highest BCUT2D eigenvalue weighted by molar-refractivity contribution is 7.89. The summed E-state index contributed by atoms with van der Waals surface area (Å²) >= 11 is 0. The van der Waals surface area contributed by atoms with Gasteiger partial charge in [0.2, 0.25) is 0 Å². The van der Waals surface area contributed by atoms with Crippen molar-refractivity contribution in [2.45, 2.75) is 4.90 Å². The zero-order valence-electron chi connectivity index (χ0n) is 17.7. The predicted octanol–water partition coefficient (Wildman–Crippen LogP) is 1.29. The Labute approximate surface area is 185 Å². The van der Waals surface area contributed by atoms with Crippen LogP contribution in [0.2, 0.25) is 0 Å². The summed E-state index contributed by atoms with van der Waals surface area (Å²) in [6.45, 7) is 5.36. The van der Waals surface area contributed by atoms with Crippen LogP contribution in [0, 0.1) is 0 Å². The van der Waals surface area contributed by atoms with Crippen molar-refractivity contribution in [3.8, 4) is 16.9 Å². The SMILES string of the molecule is [B]N1CCN(CCOCCONS(=O)(=O)c2ccc(-c3ccc(OC)cc3)cc2)CC1. The van der Waals surface area contributed by atoms with Crippen LogP contribution in [0.25, 0.3) is 11.1 Å². The van der Waals surface area contributed by atoms with Gasteiger partial charge >= 0.3 is 0 Å². The van der Waals surface area contributed by atoms with E-state index in [9.17, 15) is 8.42 Å². The Morgan fingerprint density at radius 3 is 2.13 bits per heavy atom. The third-order valence-corrected chi connectivity index (χ3v) is 6.28. The molecule has 166 valence electrons. The highest BCUT2D eigenvalue weighted by Crippen LogP contribution is 2.23. The fraction of sp³-hybridized carbons (Fsp3) is 0.429. The molecular formula is C21H28BN3O5S. The van der Waals surface area contributed by atoms with E-state index in [1.807, 2.05) is 29.1 Å². The maximum Gasteiger partial charge on any atom is 0.262 e. The van der Waals surface area contributed by atoms with Crippen molar-refractivity contribution < 1.29 is 22.7 Å². The molecule has 0 atom stereocenters. The van der Waals surface area contributed by atoms with Crippen LogP contribution in [0.5, 0.6) is 5.75 Å². The summed E-state index contributed by atoms with van der Waals surface area (Å²) < 4.78 is 35.4. The van der Waals surface area contributed by atoms with Crippen LogP contribution in [-0.4, -0.2) is 85.8 Å². The molecule has 0 aliphatic carbocycles. The lowest BCUT2D eigenvalue weighted by Crippen LogP contribution is -2.46. The molecule has 0 aromatic heterocycles. The lowest BCUT2D eigenvalue weighted by Gasteiger charge is -2.32. The minimum atomic E-state index is -3.76. The van der Waals surface area contributed by atoms with Gasteiger partial charge in [0.25, 0.3) is 10.0 Å². The van der Waals surface area contributed by atoms with Gasteiger partial charge in [-0.15, -0.1) is 0 Å². The number of hydrogen-bond acceptors (Lipinski definition) is 7. The Balaban J connectivity index is 1.37. The molecule has 1 N–H and O–H groups in total. The number of benzene rings is 2. The fourth-order valence-corrected chi connectivity index (χ4v) is 3.99. The summed E-state index contributed by atoms with van der Waals surface area (Å²) in [5.41, 5.74) is 1.87. The van der Waals surface area contributed by atoms with Crippen LogP contribution in [0.4, 0.5) is 0 Å². The van der Waals surface area contributed by atoms with Crippen molar-refractivity contribution in [3.63, 3.8) is 0 Å². The number of nitrogens with zero attached hydrogens (tertiary/aromatic N) is 2. The molecule has 0 spiro atoms. The zero-order valence-corrected chi connectivity index (χ0v) is 18.5. The molecule has 0 amide bonds. The molecule has 1 fully saturated rings. The third-order valence-electron chi connectivity index (χ3n) is 5.05. The van der Waals surface area contributed by atoms with Crippen molar-refractivity contribution >= 4 is 18.0 Å². The van der Waals surface area contributed by atoms with Crippen molar-refractivity contribution in [2.75, 3.05) is 59.7 Å². The van der Waals surface area contributed by atoms with Crippen LogP contribution in [0.1, 0.15) is 0 Å². The normalized spacial score (nSPS) is 15.8. The minimum absolute atomic E-state index is 0.125. The summed E-state index contributed by atoms with van der Waals surface area (Å²) in [4.78, 5) is 11.4. The molecular weight excluding hydrogens is 417 g/mol. The maximum absolute atomic E-state index is 12.4. The Kier molecular flexibility index (Phi) is 8.88. The molecule has 0 bridgehead atoms. The molecule has 0 saturated carbocycles. The molecule has 3 rings (SSSR count). The summed E-state index contributed by atoms with van der Waals surface area (Å²) in [6.07, 6.45) is 0. The molecule has 1 heterocycles. The van der Waals surface area contributed by atoms with Crippen LogP contribution < -0.4 is 9.62 Å². The first-order valence-corrected chi connectivity index (χ1v) is 11.6. The average molecular weight is 445 g/mol. The van der Waals surface area contributed by atoms with E-state index in [1.165, 1.54) is 0 Å². The van der Waals surface area contributed by atoms with Crippen LogP contribution in [-0.2, 0) is 19.6 Å². The number of rotatable bonds is 11. The van der Waals surface area contributed by atoms with Crippen molar-refractivity contribution in [1.82, 2.24) is 14.6 Å². The van der Waals surface area contributed by atoms with Crippen molar-refractivity contribution in [2.24, 2.45) is 0 Å². The summed E-state index contributed by atoms with van der Waals surface area (Å²) in [7, 11) is 3.58. The molecule has 2 aromatic rings. The number of hydrogen-bond donors (Lipinski definition) is 1. The van der Waals surface area contributed by atoms with Crippen molar-refractivity contribution in [3.05, 3.63) is 48.5 Å². The van der Waals surface area contributed by atoms with E-state index < -0.39 is 10.0 Å². The van der Waals surface area contributed by atoms with Crippen LogP contribution in [0.15, 0.2) is 53.4 Å². The number of sulfonamides is 1. The van der Waals surface area contributed by atoms with E-state index in [1.54, 1.807) is 31.4 Å². The zero-order chi connectivity index (χ0) is 22.1. The highest BCUT2D eigenvalue weighted by atomic mass is 32.2. The molecule has 31 heavy (non-hydrogen) atoms. The monoisotopic (exact) mass is 445 g/mol. The van der Waals surface area contributed by atoms with Crippen LogP contribution in [0.3, 0.4) is 0 Å². The highest BCUT2D eigenvalue weighted by Gasteiger charge is 2.15. The Hall–Kier alpha value is -1.95. The minimum Gasteiger partial charge on any atom is -0.497 e. The van der Waals surface area contributed by atoms with Crippen LogP contribution >= 0.6 is 0 Å². The molecule has 8 nitrogen and oxygen atoms in total. The molecule has 2 aromatic carbocycles. The van der Waals surface area contributed by atoms with Gasteiger partial charge < -0.3 is 14.3 Å². The largest absolute Gasteiger partial charge is 0.497 e. The first kappa shape index (κ1) is 23.7. The molecule has 1 aliphatic rings. The maximum atomic E-state index is 12.4. The van der Waals surface area contributed by atoms with E-state index in [0.717, 1.165) is 49.6 Å². The molecule has 2 radical (unpaired) electrons. The van der Waals surface area contributed by atoms with Gasteiger partial charge in [-0.25, -0.2) is 8.42 Å². The van der Waals surface area contributed by atoms with E-state index in [4.69, 9.17) is 22.3 Å². The van der Waals surface area contributed by atoms with Gasteiger partial charge in [0.1, 0.15) is 5.75 Å². The van der Waals surface area contributed by atoms with Gasteiger partial charge in [-0.2, -0.15) is 0 Å². The van der Waals surface area contributed by atoms with E-state index in [0.29, 0.717) is 13.2 Å². The summed E-state index contributed by atoms with van der Waals surface area (Å²) in [6, 6.07) is 14.2. The average Bonchev–Trinajstić information content (AvgIpc) is 2.80.